The van der Waals surface area contributed by atoms with E-state index in [4.69, 9.17) is 4.74 Å². The summed E-state index contributed by atoms with van der Waals surface area (Å²) in [5, 5.41) is 0. The summed E-state index contributed by atoms with van der Waals surface area (Å²) in [5.74, 6) is -1.07. The molecule has 3 rings (SSSR count). The van der Waals surface area contributed by atoms with Gasteiger partial charge in [0.2, 0.25) is 0 Å². The first-order chi connectivity index (χ1) is 10.2. The summed E-state index contributed by atoms with van der Waals surface area (Å²) in [6.07, 6.45) is 2.74. The van der Waals surface area contributed by atoms with Crippen LogP contribution in [0.4, 0.5) is 8.78 Å². The third-order valence-electron chi connectivity index (χ3n) is 3.82. The highest BCUT2D eigenvalue weighted by atomic mass is 19.1. The Morgan fingerprint density at radius 3 is 2.38 bits per heavy atom. The normalized spacial score (nSPS) is 20.1. The zero-order valence-electron chi connectivity index (χ0n) is 11.6. The van der Waals surface area contributed by atoms with E-state index in [9.17, 15) is 8.78 Å². The monoisotopic (exact) mass is 286 g/mol. The summed E-state index contributed by atoms with van der Waals surface area (Å²) in [6.45, 7) is 3.86. The van der Waals surface area contributed by atoms with Crippen LogP contribution in [0.5, 0.6) is 5.75 Å². The molecule has 0 amide bonds. The summed E-state index contributed by atoms with van der Waals surface area (Å²) in [4.78, 5) is 0. The smallest absolute Gasteiger partial charge is 0.191 e. The molecule has 2 atom stereocenters. The van der Waals surface area contributed by atoms with Crippen molar-refractivity contribution in [2.75, 3.05) is 0 Å². The van der Waals surface area contributed by atoms with Gasteiger partial charge in [0.05, 0.1) is 0 Å². The van der Waals surface area contributed by atoms with Gasteiger partial charge in [-0.25, -0.2) is 8.78 Å². The highest BCUT2D eigenvalue weighted by Gasteiger charge is 2.36. The predicted octanol–water partition coefficient (Wildman–Crippen LogP) is 4.83. The molecular weight excluding hydrogens is 270 g/mol. The topological polar surface area (TPSA) is 9.23 Å². The van der Waals surface area contributed by atoms with E-state index in [-0.39, 0.29) is 18.3 Å². The number of hydrogen-bond acceptors (Lipinski definition) is 1. The molecule has 0 spiro atoms. The number of halogens is 2. The van der Waals surface area contributed by atoms with Gasteiger partial charge < -0.3 is 4.74 Å². The van der Waals surface area contributed by atoms with Gasteiger partial charge in [0.1, 0.15) is 6.61 Å². The van der Waals surface area contributed by atoms with Crippen molar-refractivity contribution in [2.45, 2.75) is 18.9 Å². The van der Waals surface area contributed by atoms with E-state index in [0.29, 0.717) is 11.5 Å². The van der Waals surface area contributed by atoms with Gasteiger partial charge in [0.25, 0.3) is 0 Å². The second-order valence-electron chi connectivity index (χ2n) is 5.33. The molecule has 108 valence electrons. The van der Waals surface area contributed by atoms with Crippen LogP contribution in [0.3, 0.4) is 0 Å². The Kier molecular flexibility index (Phi) is 3.74. The molecule has 0 heterocycles. The van der Waals surface area contributed by atoms with Crippen molar-refractivity contribution in [1.29, 1.82) is 0 Å². The molecule has 1 saturated carbocycles. The van der Waals surface area contributed by atoms with Gasteiger partial charge in [0, 0.05) is 0 Å². The number of allylic oxidation sites excluding steroid dienone is 1. The van der Waals surface area contributed by atoms with E-state index < -0.39 is 11.6 Å². The molecule has 2 aromatic rings. The van der Waals surface area contributed by atoms with Crippen LogP contribution in [0.1, 0.15) is 23.5 Å². The Labute approximate surface area is 122 Å². The lowest BCUT2D eigenvalue weighted by Gasteiger charge is -2.10. The molecule has 0 N–H and O–H groups in total. The Hall–Kier alpha value is -2.16. The van der Waals surface area contributed by atoms with Crippen molar-refractivity contribution in [3.8, 4) is 5.75 Å². The van der Waals surface area contributed by atoms with Gasteiger partial charge in [-0.15, -0.1) is 6.58 Å². The fraction of sp³-hybridized carbons (Fsp3) is 0.222. The second-order valence-corrected chi connectivity index (χ2v) is 5.33. The van der Waals surface area contributed by atoms with E-state index in [1.54, 1.807) is 0 Å². The van der Waals surface area contributed by atoms with Crippen LogP contribution in [0.2, 0.25) is 0 Å². The zero-order valence-corrected chi connectivity index (χ0v) is 11.6. The minimum atomic E-state index is -0.643. The van der Waals surface area contributed by atoms with Crippen molar-refractivity contribution in [2.24, 2.45) is 5.92 Å². The molecule has 0 aliphatic heterocycles. The lowest BCUT2D eigenvalue weighted by atomic mass is 10.1. The van der Waals surface area contributed by atoms with Crippen LogP contribution >= 0.6 is 0 Å². The first-order valence-corrected chi connectivity index (χ1v) is 6.97. The quantitative estimate of drug-likeness (QED) is 0.715. The molecule has 2 unspecified atom stereocenters. The second kappa shape index (κ2) is 5.68. The molecule has 21 heavy (non-hydrogen) atoms. The van der Waals surface area contributed by atoms with Crippen molar-refractivity contribution in [3.63, 3.8) is 0 Å². The first-order valence-electron chi connectivity index (χ1n) is 6.97. The standard InChI is InChI=1S/C18H16F2O/c1-2-13-8-15(13)14-9-16(19)18(17(20)10-14)21-11-12-6-4-3-5-7-12/h2-7,9-10,13,15H,1,8,11H2. The van der Waals surface area contributed by atoms with Crippen molar-refractivity contribution in [3.05, 3.63) is 77.9 Å². The van der Waals surface area contributed by atoms with E-state index >= 15 is 0 Å². The third kappa shape index (κ3) is 2.97. The minimum absolute atomic E-state index is 0.146. The van der Waals surface area contributed by atoms with Crippen LogP contribution in [0.25, 0.3) is 0 Å². The molecule has 1 fully saturated rings. The maximum absolute atomic E-state index is 14.0. The average Bonchev–Trinajstić information content (AvgIpc) is 3.27. The van der Waals surface area contributed by atoms with Crippen molar-refractivity contribution < 1.29 is 13.5 Å². The molecule has 0 bridgehead atoms. The third-order valence-corrected chi connectivity index (χ3v) is 3.82. The maximum Gasteiger partial charge on any atom is 0.191 e. The molecule has 0 aromatic heterocycles. The van der Waals surface area contributed by atoms with Gasteiger partial charge in [-0.05, 0) is 41.5 Å². The van der Waals surface area contributed by atoms with Crippen LogP contribution in [-0.4, -0.2) is 0 Å². The Morgan fingerprint density at radius 1 is 1.14 bits per heavy atom. The van der Waals surface area contributed by atoms with E-state index in [2.05, 4.69) is 6.58 Å². The van der Waals surface area contributed by atoms with Gasteiger partial charge in [0.15, 0.2) is 17.4 Å². The van der Waals surface area contributed by atoms with Gasteiger partial charge in [-0.1, -0.05) is 36.4 Å². The van der Waals surface area contributed by atoms with Crippen LogP contribution in [0, 0.1) is 17.6 Å². The highest BCUT2D eigenvalue weighted by Crippen LogP contribution is 2.49. The Bertz CT molecular complexity index is 629. The van der Waals surface area contributed by atoms with Crippen molar-refractivity contribution >= 4 is 0 Å². The zero-order chi connectivity index (χ0) is 14.8. The summed E-state index contributed by atoms with van der Waals surface area (Å²) < 4.78 is 33.4. The number of hydrogen-bond donors (Lipinski definition) is 0. The summed E-state index contributed by atoms with van der Waals surface area (Å²) in [6, 6.07) is 12.0. The van der Waals surface area contributed by atoms with Crippen LogP contribution in [0.15, 0.2) is 55.1 Å². The summed E-state index contributed by atoms with van der Waals surface area (Å²) >= 11 is 0. The fourth-order valence-electron chi connectivity index (χ4n) is 2.52. The summed E-state index contributed by atoms with van der Waals surface area (Å²) in [5.41, 5.74) is 1.55. The minimum Gasteiger partial charge on any atom is -0.483 e. The van der Waals surface area contributed by atoms with E-state index in [1.165, 1.54) is 12.1 Å². The molecule has 1 aliphatic carbocycles. The van der Waals surface area contributed by atoms with E-state index in [0.717, 1.165) is 12.0 Å². The molecule has 0 saturated heterocycles. The van der Waals surface area contributed by atoms with E-state index in [1.807, 2.05) is 36.4 Å². The Balaban J connectivity index is 1.75. The van der Waals surface area contributed by atoms with Gasteiger partial charge in [-0.2, -0.15) is 0 Å². The molecule has 1 aliphatic rings. The van der Waals surface area contributed by atoms with Crippen molar-refractivity contribution in [1.82, 2.24) is 0 Å². The molecule has 2 aromatic carbocycles. The van der Waals surface area contributed by atoms with Gasteiger partial charge >= 0.3 is 0 Å². The average molecular weight is 286 g/mol. The molecular formula is C18H16F2O. The Morgan fingerprint density at radius 2 is 1.81 bits per heavy atom. The highest BCUT2D eigenvalue weighted by molar-refractivity contribution is 5.36. The maximum atomic E-state index is 14.0. The first kappa shape index (κ1) is 13.8. The lowest BCUT2D eigenvalue weighted by Crippen LogP contribution is -2.01. The number of rotatable bonds is 5. The van der Waals surface area contributed by atoms with Gasteiger partial charge in [-0.3, -0.25) is 0 Å². The molecule has 0 radical (unpaired) electrons. The number of benzene rings is 2. The fourth-order valence-corrected chi connectivity index (χ4v) is 2.52. The predicted molar refractivity (Wildman–Crippen MR) is 78.2 cm³/mol. The lowest BCUT2D eigenvalue weighted by molar-refractivity contribution is 0.274. The molecule has 3 heteroatoms. The molecule has 1 nitrogen and oxygen atoms in total. The van der Waals surface area contributed by atoms with Crippen LogP contribution in [-0.2, 0) is 6.61 Å². The summed E-state index contributed by atoms with van der Waals surface area (Å²) in [7, 11) is 0. The van der Waals surface area contributed by atoms with Crippen LogP contribution < -0.4 is 4.74 Å². The largest absolute Gasteiger partial charge is 0.483 e. The number of ether oxygens (including phenoxy) is 1. The SMILES string of the molecule is C=CC1CC1c1cc(F)c(OCc2ccccc2)c(F)c1.